The van der Waals surface area contributed by atoms with Gasteiger partial charge in [-0.1, -0.05) is 12.1 Å². The first kappa shape index (κ1) is 24.7. The van der Waals surface area contributed by atoms with Crippen molar-refractivity contribution >= 4 is 15.8 Å². The summed E-state index contributed by atoms with van der Waals surface area (Å²) in [6.07, 6.45) is -4.39. The molecule has 33 heavy (non-hydrogen) atoms. The zero-order chi connectivity index (χ0) is 24.6. The fraction of sp³-hybridized carbons (Fsp3) is 0.261. The lowest BCUT2D eigenvalue weighted by Crippen LogP contribution is -2.26. The molecule has 0 bridgehead atoms. The van der Waals surface area contributed by atoms with E-state index in [1.807, 2.05) is 11.5 Å². The molecule has 0 radical (unpaired) electrons. The lowest BCUT2D eigenvalue weighted by atomic mass is 10.1. The summed E-state index contributed by atoms with van der Waals surface area (Å²) in [6, 6.07) is 12.7. The molecule has 0 atom stereocenters. The number of rotatable bonds is 7. The molecule has 0 aliphatic rings. The number of carbonyl (C=O) groups is 1. The first-order valence-corrected chi connectivity index (χ1v) is 11.5. The van der Waals surface area contributed by atoms with Crippen LogP contribution in [0.4, 0.5) is 13.2 Å². The van der Waals surface area contributed by atoms with Gasteiger partial charge >= 0.3 is 6.18 Å². The maximum absolute atomic E-state index is 12.9. The largest absolute Gasteiger partial charge is 0.416 e. The second-order valence-electron chi connectivity index (χ2n) is 7.95. The first-order chi connectivity index (χ1) is 15.3. The normalized spacial score (nSPS) is 12.4. The highest BCUT2D eigenvalue weighted by Crippen LogP contribution is 2.29. The summed E-state index contributed by atoms with van der Waals surface area (Å²) in [6.45, 7) is 4.03. The summed E-state index contributed by atoms with van der Waals surface area (Å²) in [4.78, 5) is 14.7. The van der Waals surface area contributed by atoms with E-state index < -0.39 is 21.8 Å². The molecule has 0 saturated heterocycles. The molecule has 0 fully saturated rings. The van der Waals surface area contributed by atoms with E-state index in [4.69, 9.17) is 5.14 Å². The number of nitrogens with zero attached hydrogens (tertiary/aromatic N) is 2. The Morgan fingerprint density at radius 3 is 2.12 bits per heavy atom. The number of aromatic nitrogens is 1. The van der Waals surface area contributed by atoms with Gasteiger partial charge in [-0.05, 0) is 68.9 Å². The zero-order valence-corrected chi connectivity index (χ0v) is 19.2. The molecule has 0 spiro atoms. The minimum Gasteiger partial charge on any atom is -0.318 e. The molecule has 3 rings (SSSR count). The molecule has 0 aliphatic heterocycles. The number of benzene rings is 2. The number of alkyl halides is 3. The molecule has 1 heterocycles. The molecule has 6 nitrogen and oxygen atoms in total. The van der Waals surface area contributed by atoms with Crippen molar-refractivity contribution in [3.05, 3.63) is 82.7 Å². The number of ketones is 1. The van der Waals surface area contributed by atoms with E-state index in [-0.39, 0.29) is 17.2 Å². The van der Waals surface area contributed by atoms with Gasteiger partial charge in [-0.15, -0.1) is 0 Å². The number of sulfonamides is 1. The van der Waals surface area contributed by atoms with Crippen LogP contribution in [0.5, 0.6) is 0 Å². The fourth-order valence-corrected chi connectivity index (χ4v) is 4.24. The van der Waals surface area contributed by atoms with Crippen LogP contribution in [0.1, 0.15) is 32.9 Å². The van der Waals surface area contributed by atoms with Crippen LogP contribution in [-0.2, 0) is 22.7 Å². The molecule has 0 aliphatic carbocycles. The van der Waals surface area contributed by atoms with Crippen molar-refractivity contribution < 1.29 is 26.4 Å². The van der Waals surface area contributed by atoms with Crippen LogP contribution in [0.2, 0.25) is 0 Å². The van der Waals surface area contributed by atoms with Gasteiger partial charge in [0, 0.05) is 29.2 Å². The predicted molar refractivity (Wildman–Crippen MR) is 119 cm³/mol. The molecule has 0 amide bonds. The highest BCUT2D eigenvalue weighted by molar-refractivity contribution is 7.89. The Morgan fingerprint density at radius 1 is 1.03 bits per heavy atom. The summed E-state index contributed by atoms with van der Waals surface area (Å²) < 4.78 is 62.9. The number of halogens is 3. The Labute approximate surface area is 190 Å². The van der Waals surface area contributed by atoms with E-state index in [0.29, 0.717) is 29.1 Å². The number of primary sulfonamides is 1. The van der Waals surface area contributed by atoms with E-state index >= 15 is 0 Å². The number of likely N-dealkylation sites (N-methyl/N-ethyl adjacent to an activating group) is 1. The fourth-order valence-electron chi connectivity index (χ4n) is 3.72. The number of aryl methyl sites for hydroxylation is 1. The van der Waals surface area contributed by atoms with Crippen molar-refractivity contribution in [2.24, 2.45) is 5.14 Å². The third-order valence-electron chi connectivity index (χ3n) is 5.30. The molecule has 10 heteroatoms. The Kier molecular flexibility index (Phi) is 6.83. The zero-order valence-electron chi connectivity index (χ0n) is 18.3. The van der Waals surface area contributed by atoms with E-state index in [1.165, 1.54) is 24.3 Å². The van der Waals surface area contributed by atoms with Gasteiger partial charge in [-0.25, -0.2) is 13.6 Å². The first-order valence-electron chi connectivity index (χ1n) is 9.97. The minimum absolute atomic E-state index is 0.00472. The van der Waals surface area contributed by atoms with Crippen LogP contribution in [0.3, 0.4) is 0 Å². The summed E-state index contributed by atoms with van der Waals surface area (Å²) >= 11 is 0. The Hall–Kier alpha value is -2.95. The quantitative estimate of drug-likeness (QED) is 0.518. The van der Waals surface area contributed by atoms with Crippen LogP contribution >= 0.6 is 0 Å². The third-order valence-corrected chi connectivity index (χ3v) is 6.23. The van der Waals surface area contributed by atoms with E-state index in [0.717, 1.165) is 17.8 Å². The maximum atomic E-state index is 12.9. The number of Topliss-reactive ketones (excluding diaryl/α,β-unsaturated/α-hetero) is 1. The van der Waals surface area contributed by atoms with Gasteiger partial charge in [-0.3, -0.25) is 9.69 Å². The average molecular weight is 480 g/mol. The van der Waals surface area contributed by atoms with Gasteiger partial charge < -0.3 is 4.57 Å². The standard InChI is InChI=1S/C23H24F3N3O3S/c1-15-12-21(16(2)29(15)19-8-10-20(11-9-19)33(27,31)32)22(30)14-28(3)13-17-4-6-18(7-5-17)23(24,25)26/h4-12H,13-14H2,1-3H3,(H2,27,31,32). The van der Waals surface area contributed by atoms with Crippen molar-refractivity contribution in [2.75, 3.05) is 13.6 Å². The second kappa shape index (κ2) is 9.12. The van der Waals surface area contributed by atoms with E-state index in [2.05, 4.69) is 0 Å². The molecule has 0 saturated carbocycles. The van der Waals surface area contributed by atoms with Gasteiger partial charge in [0.25, 0.3) is 0 Å². The van der Waals surface area contributed by atoms with Crippen LogP contribution in [0, 0.1) is 13.8 Å². The van der Waals surface area contributed by atoms with E-state index in [9.17, 15) is 26.4 Å². The van der Waals surface area contributed by atoms with Crippen molar-refractivity contribution in [1.82, 2.24) is 9.47 Å². The molecule has 2 N–H and O–H groups in total. The molecule has 3 aromatic rings. The summed E-state index contributed by atoms with van der Waals surface area (Å²) in [7, 11) is -2.08. The van der Waals surface area contributed by atoms with Gasteiger partial charge in [0.15, 0.2) is 5.78 Å². The third kappa shape index (κ3) is 5.70. The van der Waals surface area contributed by atoms with Crippen LogP contribution in [0.25, 0.3) is 5.69 Å². The Balaban J connectivity index is 1.74. The van der Waals surface area contributed by atoms with Gasteiger partial charge in [0.2, 0.25) is 10.0 Å². The topological polar surface area (TPSA) is 85.4 Å². The highest BCUT2D eigenvalue weighted by atomic mass is 32.2. The summed E-state index contributed by atoms with van der Waals surface area (Å²) in [5.74, 6) is -0.134. The molecule has 0 unspecified atom stereocenters. The molecule has 2 aromatic carbocycles. The van der Waals surface area contributed by atoms with Crippen LogP contribution < -0.4 is 5.14 Å². The number of nitrogens with two attached hydrogens (primary N) is 1. The number of hydrogen-bond donors (Lipinski definition) is 1. The van der Waals surface area contributed by atoms with Crippen molar-refractivity contribution in [3.63, 3.8) is 0 Å². The van der Waals surface area contributed by atoms with Crippen molar-refractivity contribution in [2.45, 2.75) is 31.5 Å². The number of hydrogen-bond acceptors (Lipinski definition) is 4. The average Bonchev–Trinajstić information content (AvgIpc) is 3.01. The van der Waals surface area contributed by atoms with E-state index in [1.54, 1.807) is 37.1 Å². The monoisotopic (exact) mass is 479 g/mol. The molecule has 176 valence electrons. The highest BCUT2D eigenvalue weighted by Gasteiger charge is 2.30. The Morgan fingerprint density at radius 2 is 1.61 bits per heavy atom. The number of carbonyl (C=O) groups excluding carboxylic acids is 1. The van der Waals surface area contributed by atoms with Gasteiger partial charge in [0.05, 0.1) is 17.0 Å². The van der Waals surface area contributed by atoms with Crippen LogP contribution in [0.15, 0.2) is 59.5 Å². The molecular weight excluding hydrogens is 455 g/mol. The smallest absolute Gasteiger partial charge is 0.318 e. The lowest BCUT2D eigenvalue weighted by molar-refractivity contribution is -0.137. The van der Waals surface area contributed by atoms with Crippen molar-refractivity contribution in [3.8, 4) is 5.69 Å². The molecular formula is C23H24F3N3O3S. The van der Waals surface area contributed by atoms with Crippen LogP contribution in [-0.4, -0.2) is 37.3 Å². The second-order valence-corrected chi connectivity index (χ2v) is 9.51. The van der Waals surface area contributed by atoms with Gasteiger partial charge in [-0.2, -0.15) is 13.2 Å². The SMILES string of the molecule is Cc1cc(C(=O)CN(C)Cc2ccc(C(F)(F)F)cc2)c(C)n1-c1ccc(S(N)(=O)=O)cc1. The van der Waals surface area contributed by atoms with Crippen molar-refractivity contribution in [1.29, 1.82) is 0 Å². The lowest BCUT2D eigenvalue weighted by Gasteiger charge is -2.17. The summed E-state index contributed by atoms with van der Waals surface area (Å²) in [5, 5.41) is 5.14. The Bertz CT molecular complexity index is 1260. The predicted octanol–water partition coefficient (Wildman–Crippen LogP) is 4.08. The van der Waals surface area contributed by atoms with Gasteiger partial charge in [0.1, 0.15) is 0 Å². The summed E-state index contributed by atoms with van der Waals surface area (Å²) in [5.41, 5.74) is 2.65. The molecule has 1 aromatic heterocycles. The maximum Gasteiger partial charge on any atom is 0.416 e. The minimum atomic E-state index is -4.39.